The second kappa shape index (κ2) is 6.09. The Morgan fingerprint density at radius 2 is 1.88 bits per heavy atom. The number of halogens is 1. The number of fused-ring (bicyclic) bond motifs is 1. The summed E-state index contributed by atoms with van der Waals surface area (Å²) in [4.78, 5) is 7.01. The SMILES string of the molecule is Brc1ccc2c(N3CCC(c4nncn4C4CC4)CC3)ccnc2c1. The van der Waals surface area contributed by atoms with E-state index in [0.29, 0.717) is 12.0 Å². The normalized spacial score (nSPS) is 18.8. The molecule has 0 bridgehead atoms. The second-order valence-corrected chi connectivity index (χ2v) is 8.00. The molecule has 3 aromatic rings. The molecule has 0 atom stereocenters. The number of piperidine rings is 1. The maximum Gasteiger partial charge on any atom is 0.136 e. The molecule has 1 aliphatic carbocycles. The van der Waals surface area contributed by atoms with Crippen molar-refractivity contribution in [3.05, 3.63) is 47.1 Å². The van der Waals surface area contributed by atoms with Gasteiger partial charge in [0.2, 0.25) is 0 Å². The number of nitrogens with zero attached hydrogens (tertiary/aromatic N) is 5. The molecule has 0 radical (unpaired) electrons. The number of benzene rings is 1. The molecule has 2 aliphatic rings. The Kier molecular flexibility index (Phi) is 3.73. The predicted octanol–water partition coefficient (Wildman–Crippen LogP) is 4.31. The van der Waals surface area contributed by atoms with Crippen molar-refractivity contribution in [1.29, 1.82) is 0 Å². The van der Waals surface area contributed by atoms with Crippen molar-refractivity contribution in [2.24, 2.45) is 0 Å². The number of aromatic nitrogens is 4. The fourth-order valence-electron chi connectivity index (χ4n) is 3.94. The Morgan fingerprint density at radius 3 is 2.68 bits per heavy atom. The average molecular weight is 398 g/mol. The molecule has 1 aliphatic heterocycles. The van der Waals surface area contributed by atoms with Crippen LogP contribution in [0.1, 0.15) is 43.5 Å². The first-order valence-corrected chi connectivity index (χ1v) is 9.77. The van der Waals surface area contributed by atoms with Crippen molar-refractivity contribution < 1.29 is 0 Å². The zero-order valence-electron chi connectivity index (χ0n) is 14.0. The van der Waals surface area contributed by atoms with Crippen LogP contribution in [0.4, 0.5) is 5.69 Å². The molecule has 2 fully saturated rings. The monoisotopic (exact) mass is 397 g/mol. The molecular weight excluding hydrogens is 378 g/mol. The van der Waals surface area contributed by atoms with Gasteiger partial charge in [0.05, 0.1) is 5.52 Å². The zero-order valence-corrected chi connectivity index (χ0v) is 15.6. The van der Waals surface area contributed by atoms with Crippen LogP contribution in [-0.2, 0) is 0 Å². The van der Waals surface area contributed by atoms with Crippen molar-refractivity contribution in [3.8, 4) is 0 Å². The van der Waals surface area contributed by atoms with Gasteiger partial charge in [-0.3, -0.25) is 4.98 Å². The third-order valence-corrected chi connectivity index (χ3v) is 5.92. The van der Waals surface area contributed by atoms with Gasteiger partial charge in [-0.1, -0.05) is 15.9 Å². The van der Waals surface area contributed by atoms with Crippen LogP contribution in [0.3, 0.4) is 0 Å². The summed E-state index contributed by atoms with van der Waals surface area (Å²) >= 11 is 3.54. The summed E-state index contributed by atoms with van der Waals surface area (Å²) in [5, 5.41) is 9.84. The van der Waals surface area contributed by atoms with Crippen LogP contribution in [-0.4, -0.2) is 32.8 Å². The van der Waals surface area contributed by atoms with Gasteiger partial charge in [0.25, 0.3) is 0 Å². The van der Waals surface area contributed by atoms with Gasteiger partial charge >= 0.3 is 0 Å². The van der Waals surface area contributed by atoms with E-state index < -0.39 is 0 Å². The minimum Gasteiger partial charge on any atom is -0.371 e. The molecule has 2 aromatic heterocycles. The van der Waals surface area contributed by atoms with E-state index in [1.807, 2.05) is 12.5 Å². The Labute approximate surface area is 155 Å². The summed E-state index contributed by atoms with van der Waals surface area (Å²) in [7, 11) is 0. The highest BCUT2D eigenvalue weighted by Gasteiger charge is 2.31. The number of rotatable bonds is 3. The smallest absolute Gasteiger partial charge is 0.136 e. The van der Waals surface area contributed by atoms with E-state index in [0.717, 1.165) is 35.9 Å². The standard InChI is InChI=1S/C19H20BrN5/c20-14-1-4-16-17(11-14)21-8-5-18(16)24-9-6-13(7-10-24)19-23-22-12-25(19)15-2-3-15/h1,4-5,8,11-13,15H,2-3,6-7,9-10H2. The predicted molar refractivity (Wildman–Crippen MR) is 102 cm³/mol. The molecule has 5 nitrogen and oxygen atoms in total. The Balaban J connectivity index is 1.37. The van der Waals surface area contributed by atoms with Crippen LogP contribution in [0.2, 0.25) is 0 Å². The van der Waals surface area contributed by atoms with Gasteiger partial charge < -0.3 is 9.47 Å². The topological polar surface area (TPSA) is 46.8 Å². The first kappa shape index (κ1) is 15.3. The molecule has 0 spiro atoms. The van der Waals surface area contributed by atoms with Crippen LogP contribution in [0.5, 0.6) is 0 Å². The van der Waals surface area contributed by atoms with E-state index in [1.54, 1.807) is 0 Å². The van der Waals surface area contributed by atoms with Gasteiger partial charge in [-0.25, -0.2) is 0 Å². The van der Waals surface area contributed by atoms with E-state index >= 15 is 0 Å². The third-order valence-electron chi connectivity index (χ3n) is 5.42. The van der Waals surface area contributed by atoms with Crippen LogP contribution >= 0.6 is 15.9 Å². The molecule has 1 saturated carbocycles. The van der Waals surface area contributed by atoms with Gasteiger partial charge in [-0.2, -0.15) is 0 Å². The van der Waals surface area contributed by atoms with Gasteiger partial charge in [0.15, 0.2) is 0 Å². The summed E-state index contributed by atoms with van der Waals surface area (Å²) in [6.07, 6.45) is 8.66. The lowest BCUT2D eigenvalue weighted by molar-refractivity contribution is 0.466. The molecule has 3 heterocycles. The third kappa shape index (κ3) is 2.82. The molecule has 128 valence electrons. The minimum absolute atomic E-state index is 0.529. The van der Waals surface area contributed by atoms with E-state index in [1.165, 1.54) is 29.7 Å². The van der Waals surface area contributed by atoms with Crippen molar-refractivity contribution in [2.45, 2.75) is 37.6 Å². The fourth-order valence-corrected chi connectivity index (χ4v) is 4.29. The minimum atomic E-state index is 0.529. The Bertz CT molecular complexity index is 909. The number of hydrogen-bond donors (Lipinski definition) is 0. The van der Waals surface area contributed by atoms with Crippen LogP contribution in [0, 0.1) is 0 Å². The largest absolute Gasteiger partial charge is 0.371 e. The van der Waals surface area contributed by atoms with Gasteiger partial charge in [-0.05, 0) is 49.9 Å². The summed E-state index contributed by atoms with van der Waals surface area (Å²) in [5.41, 5.74) is 2.34. The van der Waals surface area contributed by atoms with Crippen LogP contribution in [0.25, 0.3) is 10.9 Å². The van der Waals surface area contributed by atoms with Gasteiger partial charge in [-0.15, -0.1) is 10.2 Å². The molecule has 1 aromatic carbocycles. The summed E-state index contributed by atoms with van der Waals surface area (Å²) in [6.45, 7) is 2.11. The Morgan fingerprint density at radius 1 is 1.04 bits per heavy atom. The number of hydrogen-bond acceptors (Lipinski definition) is 4. The van der Waals surface area contributed by atoms with E-state index in [2.05, 4.69) is 64.8 Å². The summed E-state index contributed by atoms with van der Waals surface area (Å²) in [6, 6.07) is 9.15. The first-order valence-electron chi connectivity index (χ1n) is 8.98. The van der Waals surface area contributed by atoms with E-state index in [4.69, 9.17) is 0 Å². The molecule has 0 amide bonds. The molecule has 0 unspecified atom stereocenters. The molecule has 0 N–H and O–H groups in total. The van der Waals surface area contributed by atoms with Crippen LogP contribution in [0.15, 0.2) is 41.3 Å². The van der Waals surface area contributed by atoms with E-state index in [-0.39, 0.29) is 0 Å². The zero-order chi connectivity index (χ0) is 16.8. The van der Waals surface area contributed by atoms with Gasteiger partial charge in [0, 0.05) is 46.8 Å². The maximum atomic E-state index is 4.51. The van der Waals surface area contributed by atoms with Crippen molar-refractivity contribution in [3.63, 3.8) is 0 Å². The summed E-state index contributed by atoms with van der Waals surface area (Å²) < 4.78 is 3.39. The number of anilines is 1. The van der Waals surface area contributed by atoms with Crippen molar-refractivity contribution in [1.82, 2.24) is 19.7 Å². The maximum absolute atomic E-state index is 4.51. The average Bonchev–Trinajstić information content (AvgIpc) is 3.38. The van der Waals surface area contributed by atoms with Crippen LogP contribution < -0.4 is 4.90 Å². The Hall–Kier alpha value is -1.95. The van der Waals surface area contributed by atoms with Crippen molar-refractivity contribution >= 4 is 32.5 Å². The summed E-state index contributed by atoms with van der Waals surface area (Å²) in [5.74, 6) is 1.73. The lowest BCUT2D eigenvalue weighted by atomic mass is 9.95. The molecule has 6 heteroatoms. The highest BCUT2D eigenvalue weighted by molar-refractivity contribution is 9.10. The van der Waals surface area contributed by atoms with Gasteiger partial charge in [0.1, 0.15) is 12.2 Å². The first-order chi connectivity index (χ1) is 12.3. The highest BCUT2D eigenvalue weighted by Crippen LogP contribution is 2.39. The fraction of sp³-hybridized carbons (Fsp3) is 0.421. The molecule has 5 rings (SSSR count). The highest BCUT2D eigenvalue weighted by atomic mass is 79.9. The van der Waals surface area contributed by atoms with E-state index in [9.17, 15) is 0 Å². The number of pyridine rings is 1. The van der Waals surface area contributed by atoms with Crippen molar-refractivity contribution in [2.75, 3.05) is 18.0 Å². The molecule has 25 heavy (non-hydrogen) atoms. The quantitative estimate of drug-likeness (QED) is 0.660. The molecule has 1 saturated heterocycles. The molecular formula is C19H20BrN5. The lowest BCUT2D eigenvalue weighted by Crippen LogP contribution is -2.33. The second-order valence-electron chi connectivity index (χ2n) is 7.08. The lowest BCUT2D eigenvalue weighted by Gasteiger charge is -2.34.